The minimum atomic E-state index is -0.591. The molecular weight excluding hydrogens is 274 g/mol. The molecule has 3 aromatic heterocycles. The molecule has 4 rings (SSSR count). The van der Waals surface area contributed by atoms with Crippen LogP contribution in [0.2, 0.25) is 0 Å². The van der Waals surface area contributed by atoms with Crippen molar-refractivity contribution in [2.45, 2.75) is 24.8 Å². The van der Waals surface area contributed by atoms with E-state index in [0.29, 0.717) is 17.3 Å². The maximum absolute atomic E-state index is 11.7. The minimum absolute atomic E-state index is 0.209. The predicted octanol–water partition coefficient (Wildman–Crippen LogP) is -0.333. The van der Waals surface area contributed by atoms with Gasteiger partial charge in [-0.05, 0) is 19.3 Å². The molecule has 1 aliphatic rings. The van der Waals surface area contributed by atoms with E-state index in [1.165, 1.54) is 0 Å². The van der Waals surface area contributed by atoms with Gasteiger partial charge in [0.15, 0.2) is 11.5 Å². The topological polar surface area (TPSA) is 149 Å². The lowest BCUT2D eigenvalue weighted by Gasteiger charge is -2.35. The van der Waals surface area contributed by atoms with Crippen molar-refractivity contribution < 1.29 is 0 Å². The van der Waals surface area contributed by atoms with Gasteiger partial charge in [0.2, 0.25) is 0 Å². The number of nitrogens with one attached hydrogen (secondary N) is 4. The van der Waals surface area contributed by atoms with E-state index < -0.39 is 16.8 Å². The van der Waals surface area contributed by atoms with Crippen molar-refractivity contribution in [1.29, 1.82) is 0 Å². The number of fused-ring (bicyclic) bond motifs is 1. The highest BCUT2D eigenvalue weighted by Crippen LogP contribution is 2.37. The molecule has 0 atom stereocenters. The third kappa shape index (κ3) is 1.74. The molecule has 0 radical (unpaired) electrons. The smallest absolute Gasteiger partial charge is 0.327 e. The summed E-state index contributed by atoms with van der Waals surface area (Å²) in [6, 6.07) is 0. The van der Waals surface area contributed by atoms with E-state index in [0.717, 1.165) is 19.3 Å². The molecule has 21 heavy (non-hydrogen) atoms. The summed E-state index contributed by atoms with van der Waals surface area (Å²) in [5.41, 5.74) is 5.76. The van der Waals surface area contributed by atoms with Crippen LogP contribution in [0, 0.1) is 0 Å². The average molecular weight is 287 g/mol. The SMILES string of the molecule is NC1(c2ncc(-c3nc4[nH]c(=O)[nH]c(=O)c4[nH]3)[nH]2)CCC1. The second-order valence-electron chi connectivity index (χ2n) is 5.37. The van der Waals surface area contributed by atoms with Gasteiger partial charge in [0.05, 0.1) is 11.7 Å². The van der Waals surface area contributed by atoms with Gasteiger partial charge in [-0.25, -0.2) is 14.8 Å². The van der Waals surface area contributed by atoms with E-state index in [2.05, 4.69) is 29.9 Å². The second kappa shape index (κ2) is 3.92. The van der Waals surface area contributed by atoms with Crippen molar-refractivity contribution in [3.63, 3.8) is 0 Å². The largest absolute Gasteiger partial charge is 0.338 e. The van der Waals surface area contributed by atoms with Crippen LogP contribution in [0.3, 0.4) is 0 Å². The normalized spacial score (nSPS) is 17.0. The Bertz CT molecular complexity index is 940. The number of aromatic nitrogens is 6. The molecule has 0 spiro atoms. The molecule has 0 aromatic carbocycles. The quantitative estimate of drug-likeness (QED) is 0.437. The molecule has 3 heterocycles. The summed E-state index contributed by atoms with van der Waals surface area (Å²) >= 11 is 0. The van der Waals surface area contributed by atoms with Crippen molar-refractivity contribution in [3.05, 3.63) is 32.9 Å². The van der Waals surface area contributed by atoms with E-state index in [-0.39, 0.29) is 11.2 Å². The molecule has 1 fully saturated rings. The van der Waals surface area contributed by atoms with Crippen molar-refractivity contribution in [3.8, 4) is 11.5 Å². The van der Waals surface area contributed by atoms with Gasteiger partial charge in [-0.3, -0.25) is 14.8 Å². The van der Waals surface area contributed by atoms with Crippen LogP contribution in [-0.2, 0) is 5.54 Å². The number of aromatic amines is 4. The summed E-state index contributed by atoms with van der Waals surface area (Å²) in [5.74, 6) is 1.14. The number of hydrogen-bond donors (Lipinski definition) is 5. The average Bonchev–Trinajstić information content (AvgIpc) is 3.01. The first-order chi connectivity index (χ1) is 10.0. The summed E-state index contributed by atoms with van der Waals surface area (Å²) in [4.78, 5) is 42.0. The lowest BCUT2D eigenvalue weighted by Crippen LogP contribution is -2.44. The summed E-state index contributed by atoms with van der Waals surface area (Å²) < 4.78 is 0. The van der Waals surface area contributed by atoms with Gasteiger partial charge in [0.25, 0.3) is 5.56 Å². The molecule has 1 saturated carbocycles. The molecule has 9 heteroatoms. The third-order valence-electron chi connectivity index (χ3n) is 3.94. The number of nitrogens with two attached hydrogens (primary N) is 1. The van der Waals surface area contributed by atoms with E-state index in [4.69, 9.17) is 5.73 Å². The summed E-state index contributed by atoms with van der Waals surface area (Å²) in [6.45, 7) is 0. The first-order valence-corrected chi connectivity index (χ1v) is 6.62. The minimum Gasteiger partial charge on any atom is -0.338 e. The first-order valence-electron chi connectivity index (χ1n) is 6.62. The number of H-pyrrole nitrogens is 4. The Hall–Kier alpha value is -2.68. The monoisotopic (exact) mass is 287 g/mol. The molecule has 0 aliphatic heterocycles. The van der Waals surface area contributed by atoms with Gasteiger partial charge in [-0.2, -0.15) is 0 Å². The van der Waals surface area contributed by atoms with Crippen LogP contribution in [0.25, 0.3) is 22.7 Å². The molecule has 0 amide bonds. The molecule has 108 valence electrons. The van der Waals surface area contributed by atoms with Gasteiger partial charge in [-0.15, -0.1) is 0 Å². The Kier molecular flexibility index (Phi) is 2.25. The highest BCUT2D eigenvalue weighted by molar-refractivity contribution is 5.73. The Balaban J connectivity index is 1.82. The van der Waals surface area contributed by atoms with Gasteiger partial charge in [-0.1, -0.05) is 0 Å². The Morgan fingerprint density at radius 2 is 1.95 bits per heavy atom. The fraction of sp³-hybridized carbons (Fsp3) is 0.333. The molecular formula is C12H13N7O2. The Morgan fingerprint density at radius 1 is 1.14 bits per heavy atom. The number of imidazole rings is 2. The maximum atomic E-state index is 11.7. The van der Waals surface area contributed by atoms with Crippen LogP contribution in [0.4, 0.5) is 0 Å². The molecule has 9 nitrogen and oxygen atoms in total. The van der Waals surface area contributed by atoms with E-state index >= 15 is 0 Å². The molecule has 1 aliphatic carbocycles. The van der Waals surface area contributed by atoms with Crippen LogP contribution in [0.1, 0.15) is 25.1 Å². The zero-order chi connectivity index (χ0) is 14.6. The lowest BCUT2D eigenvalue weighted by atomic mass is 9.77. The van der Waals surface area contributed by atoms with E-state index in [1.807, 2.05) is 0 Å². The van der Waals surface area contributed by atoms with Crippen molar-refractivity contribution >= 4 is 11.2 Å². The third-order valence-corrected chi connectivity index (χ3v) is 3.94. The van der Waals surface area contributed by atoms with Crippen LogP contribution in [-0.4, -0.2) is 29.9 Å². The molecule has 0 saturated heterocycles. The first kappa shape index (κ1) is 12.1. The van der Waals surface area contributed by atoms with Crippen molar-refractivity contribution in [2.24, 2.45) is 5.73 Å². The number of rotatable bonds is 2. The molecule has 3 aromatic rings. The number of hydrogen-bond acceptors (Lipinski definition) is 5. The fourth-order valence-corrected chi connectivity index (χ4v) is 2.55. The lowest BCUT2D eigenvalue weighted by molar-refractivity contribution is 0.240. The zero-order valence-corrected chi connectivity index (χ0v) is 11.0. The van der Waals surface area contributed by atoms with E-state index in [9.17, 15) is 9.59 Å². The zero-order valence-electron chi connectivity index (χ0n) is 11.0. The summed E-state index contributed by atoms with van der Waals surface area (Å²) in [7, 11) is 0. The highest BCUT2D eigenvalue weighted by atomic mass is 16.2. The molecule has 0 bridgehead atoms. The number of nitrogens with zero attached hydrogens (tertiary/aromatic N) is 2. The second-order valence-corrected chi connectivity index (χ2v) is 5.37. The van der Waals surface area contributed by atoms with Crippen LogP contribution >= 0.6 is 0 Å². The van der Waals surface area contributed by atoms with Crippen molar-refractivity contribution in [2.75, 3.05) is 0 Å². The van der Waals surface area contributed by atoms with Gasteiger partial charge >= 0.3 is 5.69 Å². The summed E-state index contributed by atoms with van der Waals surface area (Å²) in [6.07, 6.45) is 4.50. The van der Waals surface area contributed by atoms with E-state index in [1.54, 1.807) is 6.20 Å². The Morgan fingerprint density at radius 3 is 2.67 bits per heavy atom. The predicted molar refractivity (Wildman–Crippen MR) is 74.6 cm³/mol. The molecule has 0 unspecified atom stereocenters. The van der Waals surface area contributed by atoms with Gasteiger partial charge in [0, 0.05) is 0 Å². The van der Waals surface area contributed by atoms with Crippen LogP contribution in [0.15, 0.2) is 15.8 Å². The standard InChI is InChI=1S/C12H13N7O2/c13-12(2-1-3-12)10-14-4-5(15-10)7-16-6-8(17-7)18-11(21)19-9(6)20/h4H,1-3,13H2,(H,14,15)(H3,16,17,18,19,20,21). The van der Waals surface area contributed by atoms with Crippen LogP contribution in [0.5, 0.6) is 0 Å². The van der Waals surface area contributed by atoms with Gasteiger partial charge < -0.3 is 15.7 Å². The fourth-order valence-electron chi connectivity index (χ4n) is 2.55. The highest BCUT2D eigenvalue weighted by Gasteiger charge is 2.37. The molecule has 6 N–H and O–H groups in total. The van der Waals surface area contributed by atoms with Crippen molar-refractivity contribution in [1.82, 2.24) is 29.9 Å². The Labute approximate surface area is 117 Å². The maximum Gasteiger partial charge on any atom is 0.327 e. The summed E-state index contributed by atoms with van der Waals surface area (Å²) in [5, 5.41) is 0. The van der Waals surface area contributed by atoms with Gasteiger partial charge in [0.1, 0.15) is 17.0 Å². The van der Waals surface area contributed by atoms with Crippen LogP contribution < -0.4 is 17.0 Å².